The molecule has 0 radical (unpaired) electrons. The topological polar surface area (TPSA) is 77.8 Å². The van der Waals surface area contributed by atoms with Gasteiger partial charge in [-0.3, -0.25) is 0 Å². The number of carbonyl (C=O) groups excluding carboxylic acids is 1. The van der Waals surface area contributed by atoms with Gasteiger partial charge in [-0.05, 0) is 41.3 Å². The van der Waals surface area contributed by atoms with Crippen molar-refractivity contribution in [3.63, 3.8) is 0 Å². The van der Waals surface area contributed by atoms with Crippen molar-refractivity contribution in [2.24, 2.45) is 5.22 Å². The van der Waals surface area contributed by atoms with Crippen LogP contribution in [0.2, 0.25) is 0 Å². The molecule has 2 amide bonds. The third-order valence-electron chi connectivity index (χ3n) is 4.31. The van der Waals surface area contributed by atoms with Gasteiger partial charge in [0.05, 0.1) is 5.69 Å². The zero-order valence-corrected chi connectivity index (χ0v) is 15.8. The number of urea groups is 1. The van der Waals surface area contributed by atoms with Crippen molar-refractivity contribution in [1.29, 1.82) is 5.53 Å². The molecule has 0 aromatic heterocycles. The second-order valence-electron chi connectivity index (χ2n) is 6.36. The Bertz CT molecular complexity index is 973. The molecular formula is C22H22N4O2. The summed E-state index contributed by atoms with van der Waals surface area (Å²) in [6.07, 6.45) is 0. The Labute approximate surface area is 164 Å². The first-order valence-electron chi connectivity index (χ1n) is 8.87. The molecule has 6 heteroatoms. The lowest BCUT2D eigenvalue weighted by molar-refractivity contribution is 0.219. The molecule has 3 aromatic rings. The zero-order valence-electron chi connectivity index (χ0n) is 15.8. The molecule has 0 fully saturated rings. The number of carbonyl (C=O) groups is 1. The van der Waals surface area contributed by atoms with E-state index >= 15 is 0 Å². The minimum Gasteiger partial charge on any atom is -0.486 e. The molecule has 142 valence electrons. The molecule has 0 heterocycles. The lowest BCUT2D eigenvalue weighted by Crippen LogP contribution is -2.26. The van der Waals surface area contributed by atoms with E-state index in [0.717, 1.165) is 27.3 Å². The van der Waals surface area contributed by atoms with Crippen LogP contribution in [0.5, 0.6) is 5.75 Å². The molecule has 0 aliphatic heterocycles. The Morgan fingerprint density at radius 1 is 1.04 bits per heavy atom. The van der Waals surface area contributed by atoms with Gasteiger partial charge >= 0.3 is 6.03 Å². The van der Waals surface area contributed by atoms with E-state index in [4.69, 9.17) is 10.3 Å². The van der Waals surface area contributed by atoms with Crippen molar-refractivity contribution in [2.45, 2.75) is 13.5 Å². The number of hydrogen-bond acceptors (Lipinski definition) is 4. The molecule has 0 aliphatic rings. The van der Waals surface area contributed by atoms with Crippen LogP contribution < -0.4 is 10.1 Å². The number of ether oxygens (including phenoxy) is 1. The summed E-state index contributed by atoms with van der Waals surface area (Å²) in [4.78, 5) is 12.0. The van der Waals surface area contributed by atoms with Gasteiger partial charge in [0, 0.05) is 7.05 Å². The van der Waals surface area contributed by atoms with Gasteiger partial charge in [-0.15, -0.1) is 0 Å². The molecule has 6 nitrogen and oxygen atoms in total. The first-order valence-corrected chi connectivity index (χ1v) is 8.87. The van der Waals surface area contributed by atoms with Crippen LogP contribution in [0.25, 0.3) is 11.1 Å². The molecular weight excluding hydrogens is 352 g/mol. The highest BCUT2D eigenvalue weighted by Crippen LogP contribution is 2.30. The molecule has 0 aliphatic carbocycles. The third kappa shape index (κ3) is 4.54. The highest BCUT2D eigenvalue weighted by Gasteiger charge is 2.13. The van der Waals surface area contributed by atoms with Crippen LogP contribution in [0.15, 0.2) is 78.0 Å². The van der Waals surface area contributed by atoms with Crippen molar-refractivity contribution in [1.82, 2.24) is 5.01 Å². The number of para-hydroxylation sites is 1. The summed E-state index contributed by atoms with van der Waals surface area (Å²) in [5.74, 6) is 0.597. The summed E-state index contributed by atoms with van der Waals surface area (Å²) < 4.78 is 6.05. The van der Waals surface area contributed by atoms with Crippen LogP contribution in [0.4, 0.5) is 10.5 Å². The standard InChI is InChI=1S/C22H22N4O2/c1-16-8-6-13-20(24-22(27)26(2)25-23)21(16)28-15-17-9-7-12-19(14-17)18-10-4-3-5-11-18/h3-14,23H,15H2,1-2H3,(H,24,27). The molecule has 0 bridgehead atoms. The van der Waals surface area contributed by atoms with Crippen molar-refractivity contribution >= 4 is 11.7 Å². The molecule has 28 heavy (non-hydrogen) atoms. The van der Waals surface area contributed by atoms with E-state index < -0.39 is 6.03 Å². The van der Waals surface area contributed by atoms with Crippen LogP contribution >= 0.6 is 0 Å². The lowest BCUT2D eigenvalue weighted by atomic mass is 10.0. The first-order chi connectivity index (χ1) is 13.6. The van der Waals surface area contributed by atoms with Crippen molar-refractivity contribution < 1.29 is 9.53 Å². The molecule has 2 N–H and O–H groups in total. The molecule has 0 atom stereocenters. The molecule has 0 saturated heterocycles. The van der Waals surface area contributed by atoms with Crippen LogP contribution in [0, 0.1) is 12.5 Å². The minimum atomic E-state index is -0.503. The monoisotopic (exact) mass is 374 g/mol. The maximum absolute atomic E-state index is 12.0. The average molecular weight is 374 g/mol. The predicted octanol–water partition coefficient (Wildman–Crippen LogP) is 5.65. The van der Waals surface area contributed by atoms with Gasteiger partial charge in [0.15, 0.2) is 0 Å². The average Bonchev–Trinajstić information content (AvgIpc) is 2.73. The second-order valence-corrected chi connectivity index (χ2v) is 6.36. The number of nitrogens with one attached hydrogen (secondary N) is 2. The Hall–Kier alpha value is -3.67. The van der Waals surface area contributed by atoms with Gasteiger partial charge in [0.2, 0.25) is 0 Å². The SMILES string of the molecule is Cc1cccc(NC(=O)N(C)N=N)c1OCc1cccc(-c2ccccc2)c1. The number of rotatable bonds is 6. The minimum absolute atomic E-state index is 0.368. The van der Waals surface area contributed by atoms with E-state index in [9.17, 15) is 4.79 Å². The lowest BCUT2D eigenvalue weighted by Gasteiger charge is -2.17. The number of hydrogen-bond donors (Lipinski definition) is 2. The van der Waals surface area contributed by atoms with E-state index in [0.29, 0.717) is 18.0 Å². The number of anilines is 1. The summed E-state index contributed by atoms with van der Waals surface area (Å²) in [5.41, 5.74) is 11.7. The highest BCUT2D eigenvalue weighted by molar-refractivity contribution is 5.90. The zero-order chi connectivity index (χ0) is 19.9. The molecule has 0 unspecified atom stereocenters. The fourth-order valence-corrected chi connectivity index (χ4v) is 2.81. The predicted molar refractivity (Wildman–Crippen MR) is 109 cm³/mol. The van der Waals surface area contributed by atoms with E-state index in [1.54, 1.807) is 6.07 Å². The Kier molecular flexibility index (Phi) is 6.01. The molecule has 0 spiro atoms. The van der Waals surface area contributed by atoms with Gasteiger partial charge < -0.3 is 10.1 Å². The molecule has 3 aromatic carbocycles. The summed E-state index contributed by atoms with van der Waals surface area (Å²) in [7, 11) is 1.41. The van der Waals surface area contributed by atoms with Crippen LogP contribution in [-0.2, 0) is 6.61 Å². The van der Waals surface area contributed by atoms with E-state index in [-0.39, 0.29) is 0 Å². The maximum atomic E-state index is 12.0. The maximum Gasteiger partial charge on any atom is 0.343 e. The Balaban J connectivity index is 1.78. The summed E-state index contributed by atoms with van der Waals surface area (Å²) in [6.45, 7) is 2.29. The summed E-state index contributed by atoms with van der Waals surface area (Å²) in [6, 6.07) is 23.4. The van der Waals surface area contributed by atoms with Gasteiger partial charge in [-0.25, -0.2) is 4.79 Å². The van der Waals surface area contributed by atoms with E-state index in [2.05, 4.69) is 34.8 Å². The Morgan fingerprint density at radius 2 is 1.75 bits per heavy atom. The normalized spacial score (nSPS) is 10.2. The third-order valence-corrected chi connectivity index (χ3v) is 4.31. The van der Waals surface area contributed by atoms with Crippen LogP contribution in [0.1, 0.15) is 11.1 Å². The molecule has 0 saturated carbocycles. The first kappa shape index (κ1) is 19.1. The van der Waals surface area contributed by atoms with Crippen molar-refractivity contribution in [2.75, 3.05) is 12.4 Å². The number of benzene rings is 3. The fraction of sp³-hybridized carbons (Fsp3) is 0.136. The van der Waals surface area contributed by atoms with E-state index in [1.165, 1.54) is 7.05 Å². The fourth-order valence-electron chi connectivity index (χ4n) is 2.81. The second kappa shape index (κ2) is 8.81. The smallest absolute Gasteiger partial charge is 0.343 e. The van der Waals surface area contributed by atoms with Gasteiger partial charge in [-0.1, -0.05) is 65.9 Å². The van der Waals surface area contributed by atoms with Crippen LogP contribution in [0.3, 0.4) is 0 Å². The van der Waals surface area contributed by atoms with Gasteiger partial charge in [0.1, 0.15) is 12.4 Å². The van der Waals surface area contributed by atoms with Crippen molar-refractivity contribution in [3.05, 3.63) is 83.9 Å². The van der Waals surface area contributed by atoms with Crippen LogP contribution in [-0.4, -0.2) is 18.1 Å². The number of amides is 2. The molecule has 3 rings (SSSR count). The van der Waals surface area contributed by atoms with Gasteiger partial charge in [0.25, 0.3) is 0 Å². The summed E-state index contributed by atoms with van der Waals surface area (Å²) in [5, 5.41) is 6.74. The quantitative estimate of drug-likeness (QED) is 0.432. The number of aryl methyl sites for hydroxylation is 1. The summed E-state index contributed by atoms with van der Waals surface area (Å²) >= 11 is 0. The number of nitrogens with zero attached hydrogens (tertiary/aromatic N) is 2. The largest absolute Gasteiger partial charge is 0.486 e. The van der Waals surface area contributed by atoms with E-state index in [1.807, 2.05) is 49.4 Å². The highest BCUT2D eigenvalue weighted by atomic mass is 16.5. The van der Waals surface area contributed by atoms with Crippen molar-refractivity contribution in [3.8, 4) is 16.9 Å². The Morgan fingerprint density at radius 3 is 2.50 bits per heavy atom. The van der Waals surface area contributed by atoms with Gasteiger partial charge in [-0.2, -0.15) is 10.5 Å².